The van der Waals surface area contributed by atoms with Crippen LogP contribution < -0.4 is 0 Å². The molecule has 0 amide bonds. The Morgan fingerprint density at radius 1 is 1.57 bits per heavy atom. The minimum Gasteiger partial charge on any atom is -0.393 e. The van der Waals surface area contributed by atoms with E-state index in [9.17, 15) is 4.39 Å². The second kappa shape index (κ2) is 1.78. The van der Waals surface area contributed by atoms with Gasteiger partial charge >= 0.3 is 0 Å². The highest BCUT2D eigenvalue weighted by Crippen LogP contribution is 2.26. The van der Waals surface area contributed by atoms with E-state index in [4.69, 9.17) is 5.11 Å². The Labute approximate surface area is 42.2 Å². The lowest BCUT2D eigenvalue weighted by molar-refractivity contribution is 0.0315. The fourth-order valence-electron chi connectivity index (χ4n) is 0.826. The average Bonchev–Trinajstić information content (AvgIpc) is 1.58. The molecule has 0 atom stereocenters. The lowest BCUT2D eigenvalue weighted by Gasteiger charge is -2.28. The Hall–Kier alpha value is -0.110. The maximum Gasteiger partial charge on any atom is 0.0924 e. The average molecular weight is 104 g/mol. The molecule has 1 aliphatic rings. The molecule has 0 aromatic carbocycles. The Morgan fingerprint density at radius 3 is 2.29 bits per heavy atom. The molecule has 7 heavy (non-hydrogen) atoms. The first-order valence-electron chi connectivity index (χ1n) is 2.57. The van der Waals surface area contributed by atoms with E-state index in [1.54, 1.807) is 0 Å². The smallest absolute Gasteiger partial charge is 0.0924 e. The minimum absolute atomic E-state index is 0.176. The van der Waals surface area contributed by atoms with Gasteiger partial charge in [-0.2, -0.15) is 0 Å². The molecule has 1 aliphatic carbocycles. The number of aliphatic hydroxyl groups is 1. The Morgan fingerprint density at radius 2 is 2.14 bits per heavy atom. The molecule has 0 unspecified atom stereocenters. The number of rotatable bonds is 1. The highest BCUT2D eigenvalue weighted by Gasteiger charge is 2.26. The molecule has 42 valence electrons. The van der Waals surface area contributed by atoms with Crippen LogP contribution in [0.15, 0.2) is 0 Å². The molecule has 0 aliphatic heterocycles. The number of alkyl halides is 1. The van der Waals surface area contributed by atoms with Gasteiger partial charge in [0.05, 0.1) is 12.8 Å². The molecular formula is C5H9FO. The number of hydrogen-bond acceptors (Lipinski definition) is 1. The Bertz CT molecular complexity index is 59.1. The first-order valence-corrected chi connectivity index (χ1v) is 2.57. The number of halogens is 1. The van der Waals surface area contributed by atoms with E-state index < -0.39 is 0 Å². The summed E-state index contributed by atoms with van der Waals surface area (Å²) in [4.78, 5) is 0. The Kier molecular flexibility index (Phi) is 1.28. The van der Waals surface area contributed by atoms with Crippen molar-refractivity contribution in [2.75, 3.05) is 6.67 Å². The molecule has 1 rings (SSSR count). The van der Waals surface area contributed by atoms with Crippen LogP contribution in [0.4, 0.5) is 4.39 Å². The monoisotopic (exact) mass is 104 g/mol. The van der Waals surface area contributed by atoms with Crippen molar-refractivity contribution in [1.82, 2.24) is 0 Å². The third-order valence-electron chi connectivity index (χ3n) is 1.43. The normalized spacial score (nSPS) is 40.3. The van der Waals surface area contributed by atoms with Gasteiger partial charge in [-0.3, -0.25) is 4.39 Å². The lowest BCUT2D eigenvalue weighted by atomic mass is 9.84. The van der Waals surface area contributed by atoms with Crippen LogP contribution in [0.3, 0.4) is 0 Å². The van der Waals surface area contributed by atoms with Gasteiger partial charge in [0.2, 0.25) is 0 Å². The second-order valence-electron chi connectivity index (χ2n) is 2.15. The van der Waals surface area contributed by atoms with E-state index in [1.165, 1.54) is 0 Å². The summed E-state index contributed by atoms with van der Waals surface area (Å²) in [5.41, 5.74) is 0. The van der Waals surface area contributed by atoms with E-state index in [2.05, 4.69) is 0 Å². The fourth-order valence-corrected chi connectivity index (χ4v) is 0.826. The van der Waals surface area contributed by atoms with Crippen molar-refractivity contribution in [3.63, 3.8) is 0 Å². The number of aliphatic hydroxyl groups excluding tert-OH is 1. The van der Waals surface area contributed by atoms with Gasteiger partial charge in [-0.1, -0.05) is 0 Å². The van der Waals surface area contributed by atoms with E-state index in [0.29, 0.717) is 12.8 Å². The molecule has 0 bridgehead atoms. The number of hydrogen-bond donors (Lipinski definition) is 1. The van der Waals surface area contributed by atoms with Crippen LogP contribution in [-0.2, 0) is 0 Å². The minimum atomic E-state index is -0.253. The largest absolute Gasteiger partial charge is 0.393 e. The van der Waals surface area contributed by atoms with Gasteiger partial charge in [-0.15, -0.1) is 0 Å². The van der Waals surface area contributed by atoms with E-state index >= 15 is 0 Å². The molecule has 0 radical (unpaired) electrons. The van der Waals surface area contributed by atoms with Crippen LogP contribution in [-0.4, -0.2) is 17.9 Å². The third-order valence-corrected chi connectivity index (χ3v) is 1.43. The highest BCUT2D eigenvalue weighted by molar-refractivity contribution is 4.77. The standard InChI is InChI=1S/C5H9FO/c6-3-4-1-5(7)2-4/h4-5,7H,1-3H2. The summed E-state index contributed by atoms with van der Waals surface area (Å²) in [6.07, 6.45) is 1.16. The molecule has 0 saturated heterocycles. The molecular weight excluding hydrogens is 95.1 g/mol. The molecule has 1 nitrogen and oxygen atoms in total. The molecule has 0 spiro atoms. The maximum absolute atomic E-state index is 11.5. The van der Waals surface area contributed by atoms with Crippen molar-refractivity contribution in [2.24, 2.45) is 5.92 Å². The topological polar surface area (TPSA) is 20.2 Å². The molecule has 1 N–H and O–H groups in total. The van der Waals surface area contributed by atoms with Gasteiger partial charge < -0.3 is 5.11 Å². The van der Waals surface area contributed by atoms with Crippen molar-refractivity contribution in [3.05, 3.63) is 0 Å². The molecule has 0 aromatic heterocycles. The van der Waals surface area contributed by atoms with Crippen molar-refractivity contribution in [2.45, 2.75) is 18.9 Å². The Balaban J connectivity index is 2.06. The van der Waals surface area contributed by atoms with Crippen LogP contribution in [0.2, 0.25) is 0 Å². The van der Waals surface area contributed by atoms with Gasteiger partial charge in [0, 0.05) is 0 Å². The third kappa shape index (κ3) is 0.911. The predicted octanol–water partition coefficient (Wildman–Crippen LogP) is 0.727. The SMILES string of the molecule is OC1CC(CF)C1. The molecule has 0 aromatic rings. The summed E-state index contributed by atoms with van der Waals surface area (Å²) < 4.78 is 11.5. The van der Waals surface area contributed by atoms with Gasteiger partial charge in [0.25, 0.3) is 0 Å². The van der Waals surface area contributed by atoms with Crippen LogP contribution >= 0.6 is 0 Å². The first kappa shape index (κ1) is 5.04. The van der Waals surface area contributed by atoms with Crippen LogP contribution in [0.1, 0.15) is 12.8 Å². The second-order valence-corrected chi connectivity index (χ2v) is 2.15. The van der Waals surface area contributed by atoms with E-state index in [-0.39, 0.29) is 18.7 Å². The quantitative estimate of drug-likeness (QED) is 0.520. The lowest BCUT2D eigenvalue weighted by Crippen LogP contribution is -2.29. The highest BCUT2D eigenvalue weighted by atomic mass is 19.1. The predicted molar refractivity (Wildman–Crippen MR) is 24.7 cm³/mol. The molecule has 2 heteroatoms. The van der Waals surface area contributed by atoms with E-state index in [1.807, 2.05) is 0 Å². The zero-order valence-corrected chi connectivity index (χ0v) is 4.10. The summed E-state index contributed by atoms with van der Waals surface area (Å²) in [5, 5.41) is 8.58. The summed E-state index contributed by atoms with van der Waals surface area (Å²) >= 11 is 0. The maximum atomic E-state index is 11.5. The van der Waals surface area contributed by atoms with Crippen LogP contribution in [0, 0.1) is 5.92 Å². The zero-order chi connectivity index (χ0) is 5.28. The van der Waals surface area contributed by atoms with Crippen molar-refractivity contribution >= 4 is 0 Å². The van der Waals surface area contributed by atoms with Crippen molar-refractivity contribution < 1.29 is 9.50 Å². The van der Waals surface area contributed by atoms with Crippen molar-refractivity contribution in [1.29, 1.82) is 0 Å². The summed E-state index contributed by atoms with van der Waals surface area (Å²) in [5.74, 6) is 0.176. The van der Waals surface area contributed by atoms with Crippen LogP contribution in [0.5, 0.6) is 0 Å². The summed E-state index contributed by atoms with van der Waals surface area (Å²) in [6.45, 7) is -0.253. The van der Waals surface area contributed by atoms with Gasteiger partial charge in [-0.25, -0.2) is 0 Å². The molecule has 1 saturated carbocycles. The first-order chi connectivity index (χ1) is 3.33. The van der Waals surface area contributed by atoms with Crippen molar-refractivity contribution in [3.8, 4) is 0 Å². The summed E-state index contributed by atoms with van der Waals surface area (Å²) in [7, 11) is 0. The summed E-state index contributed by atoms with van der Waals surface area (Å²) in [6, 6.07) is 0. The zero-order valence-electron chi connectivity index (χ0n) is 4.10. The fraction of sp³-hybridized carbons (Fsp3) is 1.00. The van der Waals surface area contributed by atoms with E-state index in [0.717, 1.165) is 0 Å². The van der Waals surface area contributed by atoms with Gasteiger partial charge in [0.15, 0.2) is 0 Å². The van der Waals surface area contributed by atoms with Crippen LogP contribution in [0.25, 0.3) is 0 Å². The molecule has 1 fully saturated rings. The van der Waals surface area contributed by atoms with Gasteiger partial charge in [0.1, 0.15) is 0 Å². The van der Waals surface area contributed by atoms with Gasteiger partial charge in [-0.05, 0) is 18.8 Å². The molecule has 0 heterocycles.